The Kier molecular flexibility index (Phi) is 5.64. The predicted molar refractivity (Wildman–Crippen MR) is 89.1 cm³/mol. The summed E-state index contributed by atoms with van der Waals surface area (Å²) >= 11 is 5.24. The van der Waals surface area contributed by atoms with E-state index in [0.717, 1.165) is 27.6 Å². The third-order valence-electron chi connectivity index (χ3n) is 3.44. The average Bonchev–Trinajstić information content (AvgIpc) is 2.81. The van der Waals surface area contributed by atoms with Crippen LogP contribution in [0.1, 0.15) is 39.5 Å². The lowest BCUT2D eigenvalue weighted by atomic mass is 10.00. The van der Waals surface area contributed by atoms with E-state index in [1.54, 1.807) is 11.3 Å². The van der Waals surface area contributed by atoms with Crippen molar-refractivity contribution in [3.05, 3.63) is 22.7 Å². The van der Waals surface area contributed by atoms with Crippen molar-refractivity contribution in [2.75, 3.05) is 11.9 Å². The Morgan fingerprint density at radius 1 is 1.37 bits per heavy atom. The second-order valence-electron chi connectivity index (χ2n) is 4.93. The largest absolute Gasteiger partial charge is 0.361 e. The van der Waals surface area contributed by atoms with Gasteiger partial charge in [0.05, 0.1) is 10.2 Å². The second kappa shape index (κ2) is 7.25. The molecular formula is C15H21BrN2S. The molecule has 4 heteroatoms. The average molecular weight is 341 g/mol. The number of benzene rings is 1. The van der Waals surface area contributed by atoms with Crippen LogP contribution >= 0.6 is 27.3 Å². The smallest absolute Gasteiger partial charge is 0.183 e. The van der Waals surface area contributed by atoms with Gasteiger partial charge in [-0.15, -0.1) is 0 Å². The van der Waals surface area contributed by atoms with Crippen LogP contribution in [0.4, 0.5) is 5.13 Å². The van der Waals surface area contributed by atoms with Crippen molar-refractivity contribution in [3.8, 4) is 0 Å². The summed E-state index contributed by atoms with van der Waals surface area (Å²) in [6.45, 7) is 5.57. The Hall–Kier alpha value is -0.610. The Morgan fingerprint density at radius 2 is 2.21 bits per heavy atom. The van der Waals surface area contributed by atoms with Crippen LogP contribution in [0.5, 0.6) is 0 Å². The van der Waals surface area contributed by atoms with E-state index in [4.69, 9.17) is 0 Å². The van der Waals surface area contributed by atoms with Gasteiger partial charge in [0.2, 0.25) is 0 Å². The number of unbranched alkanes of at least 4 members (excludes halogenated alkanes) is 1. The number of nitrogens with zero attached hydrogens (tertiary/aromatic N) is 1. The summed E-state index contributed by atoms with van der Waals surface area (Å²) < 4.78 is 2.35. The monoisotopic (exact) mass is 340 g/mol. The van der Waals surface area contributed by atoms with Gasteiger partial charge in [-0.2, -0.15) is 0 Å². The highest BCUT2D eigenvalue weighted by atomic mass is 79.9. The normalized spacial score (nSPS) is 12.8. The number of rotatable bonds is 7. The lowest BCUT2D eigenvalue weighted by Gasteiger charge is -2.14. The summed E-state index contributed by atoms with van der Waals surface area (Å²) in [5.41, 5.74) is 1.08. The fourth-order valence-corrected chi connectivity index (χ4v) is 3.57. The summed E-state index contributed by atoms with van der Waals surface area (Å²) in [6, 6.07) is 6.24. The molecule has 1 N–H and O–H groups in total. The molecule has 1 aromatic carbocycles. The number of fused-ring (bicyclic) bond motifs is 1. The first-order valence-electron chi connectivity index (χ1n) is 7.02. The molecule has 0 bridgehead atoms. The molecule has 0 amide bonds. The van der Waals surface area contributed by atoms with Gasteiger partial charge >= 0.3 is 0 Å². The third-order valence-corrected chi connectivity index (χ3v) is 4.90. The molecule has 0 aliphatic rings. The maximum Gasteiger partial charge on any atom is 0.183 e. The van der Waals surface area contributed by atoms with Crippen LogP contribution in [0.25, 0.3) is 10.2 Å². The van der Waals surface area contributed by atoms with Crippen molar-refractivity contribution < 1.29 is 0 Å². The lowest BCUT2D eigenvalue weighted by molar-refractivity contribution is 0.473. The first kappa shape index (κ1) is 14.8. The van der Waals surface area contributed by atoms with E-state index in [9.17, 15) is 0 Å². The molecule has 1 unspecified atom stereocenters. The molecule has 2 nitrogen and oxygen atoms in total. The van der Waals surface area contributed by atoms with Crippen LogP contribution in [0.3, 0.4) is 0 Å². The maximum atomic E-state index is 4.63. The van der Waals surface area contributed by atoms with Gasteiger partial charge in [-0.1, -0.05) is 60.4 Å². The Morgan fingerprint density at radius 3 is 2.95 bits per heavy atom. The Labute approximate surface area is 127 Å². The minimum absolute atomic E-state index is 0.763. The molecule has 0 spiro atoms. The second-order valence-corrected chi connectivity index (χ2v) is 6.87. The van der Waals surface area contributed by atoms with Gasteiger partial charge in [0, 0.05) is 11.0 Å². The number of hydrogen-bond donors (Lipinski definition) is 1. The van der Waals surface area contributed by atoms with Gasteiger partial charge in [-0.25, -0.2) is 4.98 Å². The van der Waals surface area contributed by atoms with Crippen molar-refractivity contribution in [2.45, 2.75) is 39.5 Å². The molecule has 2 rings (SSSR count). The van der Waals surface area contributed by atoms with E-state index in [2.05, 4.69) is 52.2 Å². The highest BCUT2D eigenvalue weighted by molar-refractivity contribution is 9.10. The molecule has 0 saturated carbocycles. The van der Waals surface area contributed by atoms with Crippen molar-refractivity contribution in [2.24, 2.45) is 5.92 Å². The van der Waals surface area contributed by atoms with Crippen LogP contribution in [0.2, 0.25) is 0 Å². The zero-order chi connectivity index (χ0) is 13.7. The molecule has 0 aliphatic carbocycles. The van der Waals surface area contributed by atoms with Crippen molar-refractivity contribution >= 4 is 42.6 Å². The van der Waals surface area contributed by atoms with Crippen molar-refractivity contribution in [1.82, 2.24) is 4.98 Å². The van der Waals surface area contributed by atoms with Gasteiger partial charge in [0.1, 0.15) is 0 Å². The summed E-state index contributed by atoms with van der Waals surface area (Å²) in [4.78, 5) is 4.63. The minimum Gasteiger partial charge on any atom is -0.361 e. The molecule has 104 valence electrons. The number of halogens is 1. The standard InChI is InChI=1S/C15H21BrN2S/c1-3-5-6-11(4-2)10-17-15-18-13-8-7-12(16)9-14(13)19-15/h7-9,11H,3-6,10H2,1-2H3,(H,17,18). The van der Waals surface area contributed by atoms with E-state index in [1.165, 1.54) is 30.4 Å². The third kappa shape index (κ3) is 4.18. The fraction of sp³-hybridized carbons (Fsp3) is 0.533. The maximum absolute atomic E-state index is 4.63. The lowest BCUT2D eigenvalue weighted by Crippen LogP contribution is -2.13. The first-order valence-corrected chi connectivity index (χ1v) is 8.63. The quantitative estimate of drug-likeness (QED) is 0.700. The molecule has 0 saturated heterocycles. The topological polar surface area (TPSA) is 24.9 Å². The number of aromatic nitrogens is 1. The number of anilines is 1. The van der Waals surface area contributed by atoms with E-state index < -0.39 is 0 Å². The van der Waals surface area contributed by atoms with Crippen LogP contribution in [0.15, 0.2) is 22.7 Å². The summed E-state index contributed by atoms with van der Waals surface area (Å²) in [6.07, 6.45) is 5.17. The highest BCUT2D eigenvalue weighted by Gasteiger charge is 2.08. The Bertz CT molecular complexity index is 524. The summed E-state index contributed by atoms with van der Waals surface area (Å²) in [5.74, 6) is 0.763. The number of thiazole rings is 1. The molecular weight excluding hydrogens is 320 g/mol. The minimum atomic E-state index is 0.763. The van der Waals surface area contributed by atoms with Gasteiger partial charge in [-0.3, -0.25) is 0 Å². The van der Waals surface area contributed by atoms with Gasteiger partial charge in [0.15, 0.2) is 5.13 Å². The number of nitrogens with one attached hydrogen (secondary N) is 1. The van der Waals surface area contributed by atoms with Crippen LogP contribution < -0.4 is 5.32 Å². The van der Waals surface area contributed by atoms with E-state index in [-0.39, 0.29) is 0 Å². The van der Waals surface area contributed by atoms with Gasteiger partial charge in [0.25, 0.3) is 0 Å². The van der Waals surface area contributed by atoms with Crippen LogP contribution in [-0.2, 0) is 0 Å². The molecule has 1 heterocycles. The highest BCUT2D eigenvalue weighted by Crippen LogP contribution is 2.28. The fourth-order valence-electron chi connectivity index (χ4n) is 2.15. The van der Waals surface area contributed by atoms with E-state index in [0.29, 0.717) is 0 Å². The van der Waals surface area contributed by atoms with Gasteiger partial charge in [-0.05, 0) is 30.5 Å². The molecule has 0 radical (unpaired) electrons. The first-order chi connectivity index (χ1) is 9.22. The predicted octanol–water partition coefficient (Wildman–Crippen LogP) is 5.69. The van der Waals surface area contributed by atoms with E-state index in [1.807, 2.05) is 6.07 Å². The number of hydrogen-bond acceptors (Lipinski definition) is 3. The summed E-state index contributed by atoms with van der Waals surface area (Å²) in [7, 11) is 0. The molecule has 0 aliphatic heterocycles. The SMILES string of the molecule is CCCCC(CC)CNc1nc2ccc(Br)cc2s1. The Balaban J connectivity index is 1.97. The van der Waals surface area contributed by atoms with Crippen LogP contribution in [0, 0.1) is 5.92 Å². The van der Waals surface area contributed by atoms with Crippen LogP contribution in [-0.4, -0.2) is 11.5 Å². The molecule has 1 atom stereocenters. The van der Waals surface area contributed by atoms with E-state index >= 15 is 0 Å². The molecule has 2 aromatic rings. The van der Waals surface area contributed by atoms with Crippen molar-refractivity contribution in [3.63, 3.8) is 0 Å². The molecule has 19 heavy (non-hydrogen) atoms. The zero-order valence-electron chi connectivity index (χ0n) is 11.6. The summed E-state index contributed by atoms with van der Waals surface area (Å²) in [5, 5.41) is 4.55. The van der Waals surface area contributed by atoms with Crippen molar-refractivity contribution in [1.29, 1.82) is 0 Å². The molecule has 1 aromatic heterocycles. The zero-order valence-corrected chi connectivity index (χ0v) is 14.0. The van der Waals surface area contributed by atoms with Gasteiger partial charge < -0.3 is 5.32 Å². The molecule has 0 fully saturated rings.